The number of aliphatic carboxylic acids is 1. The van der Waals surface area contributed by atoms with Crippen LogP contribution in [0.5, 0.6) is 0 Å². The smallest absolute Gasteiger partial charge is 0.315 e. The van der Waals surface area contributed by atoms with Crippen LogP contribution in [-0.2, 0) is 76.0 Å². The molecule has 29 heteroatoms. The molecule has 13 N–H and O–H groups in total. The quantitative estimate of drug-likeness (QED) is 0.0376. The maximum Gasteiger partial charge on any atom is 0.315 e. The van der Waals surface area contributed by atoms with Gasteiger partial charge in [0.1, 0.15) is 86.0 Å². The lowest BCUT2D eigenvalue weighted by Crippen LogP contribution is -2.70. The summed E-state index contributed by atoms with van der Waals surface area (Å²) in [7, 11) is 0. The van der Waals surface area contributed by atoms with Gasteiger partial charge in [0.2, 0.25) is 6.29 Å². The molecular formula is C62H96O29. The molecule has 10 aliphatic rings. The Bertz CT molecular complexity index is 2700. The van der Waals surface area contributed by atoms with E-state index in [2.05, 4.69) is 33.8 Å². The van der Waals surface area contributed by atoms with Gasteiger partial charge < -0.3 is 123 Å². The SMILES string of the molecule is CC(=O)OC[C@@]1(O)CO[C@@H](O[C@H]2[C@@H](O)[C@H](O[C@H]3[C@H](OC(=O)[C@]45CCC(C)(C)C[C@H]4C4=CCC6[C@@]7(C)C[C@H](O)[C@H](O[C@@H]8O[C@H](CO)[C@@H](O)[C@H](O)[C@H]8O)[C@@](C)(C(=O)O)C7CC[C@@]6(C)[C@]4(C)CC5)O[C@H](C)[C@@H](OC(C)=O)[C@@H]3O)O[C@@H](C)[C@@H]2O[C@@H]2OC[C@@H](O)[C@H](O)[C@H]2O)[C@@H]1O. The number of esters is 3. The van der Waals surface area contributed by atoms with Crippen LogP contribution in [0.25, 0.3) is 0 Å². The van der Waals surface area contributed by atoms with E-state index in [4.69, 9.17) is 56.8 Å². The molecule has 0 aromatic rings. The number of rotatable bonds is 15. The average molecular weight is 1310 g/mol. The van der Waals surface area contributed by atoms with Crippen LogP contribution >= 0.6 is 0 Å². The first kappa shape index (κ1) is 70.6. The second-order valence-electron chi connectivity index (χ2n) is 29.4. The maximum absolute atomic E-state index is 15.8. The van der Waals surface area contributed by atoms with Crippen molar-refractivity contribution in [2.45, 2.75) is 274 Å². The zero-order valence-corrected chi connectivity index (χ0v) is 53.1. The van der Waals surface area contributed by atoms with E-state index in [0.29, 0.717) is 51.4 Å². The highest BCUT2D eigenvalue weighted by molar-refractivity contribution is 5.79. The molecule has 0 radical (unpaired) electrons. The Hall–Kier alpha value is -3.22. The van der Waals surface area contributed by atoms with Crippen molar-refractivity contribution in [2.24, 2.45) is 50.2 Å². The van der Waals surface area contributed by atoms with Crippen LogP contribution in [0.2, 0.25) is 0 Å². The Morgan fingerprint density at radius 3 is 1.89 bits per heavy atom. The topological polar surface area (TPSA) is 442 Å². The second-order valence-corrected chi connectivity index (χ2v) is 29.4. The number of allylic oxidation sites excluding steroid dienone is 2. The molecule has 9 fully saturated rings. The molecule has 0 aromatic heterocycles. The van der Waals surface area contributed by atoms with Crippen molar-refractivity contribution in [3.05, 3.63) is 11.6 Å². The molecule has 0 bridgehead atoms. The summed E-state index contributed by atoms with van der Waals surface area (Å²) in [5.41, 5.74) is -6.43. The standard InChI is InChI=1S/C62H96O29/c1-25-43(85-28(4)65)41(73)46(89-51-42(74)45(88-53-47(75)62(79,24-82-53)23-81-27(3)64)44(26(2)83-51)87-49-39(71)36(68)32(67)22-80-49)52(84-25)91-55(78)61-17-15-56(5,6)19-30(61)29-11-12-34-57(7)20-31(66)48(90-50-40(72)38(70)37(69)33(21-63)86-50)60(10,54(76)77)35(57)13-14-59(34,9)58(29,8)16-18-61/h11,25-26,30-53,63,66-75,79H,12-24H2,1-10H3,(H,76,77)/t25-,26+,30+,31+,32-,33-,34?,35?,36+,37-,38+,39-,40-,41+,42-,43-,44+,45+,46-,47+,48+,49+,50+,51+,52+,53+,57-,58-,59-,60+,61+,62-/m1/s1. The Morgan fingerprint density at radius 2 is 1.23 bits per heavy atom. The molecular weight excluding hydrogens is 1210 g/mol. The van der Waals surface area contributed by atoms with Crippen molar-refractivity contribution < 1.29 is 142 Å². The molecule has 518 valence electrons. The number of aliphatic hydroxyl groups is 12. The van der Waals surface area contributed by atoms with Crippen LogP contribution in [0, 0.1) is 50.2 Å². The molecule has 10 rings (SSSR count). The summed E-state index contributed by atoms with van der Waals surface area (Å²) in [5, 5.41) is 145. The fourth-order valence-electron chi connectivity index (χ4n) is 18.0. The monoisotopic (exact) mass is 1300 g/mol. The normalized spacial score (nSPS) is 52.0. The molecule has 0 amide bonds. The molecule has 0 aromatic carbocycles. The van der Waals surface area contributed by atoms with Gasteiger partial charge in [-0.25, -0.2) is 0 Å². The van der Waals surface area contributed by atoms with Gasteiger partial charge in [-0.3, -0.25) is 19.2 Å². The fourth-order valence-corrected chi connectivity index (χ4v) is 18.0. The maximum atomic E-state index is 15.8. The number of carbonyl (C=O) groups is 4. The minimum Gasteiger partial charge on any atom is -0.481 e. The lowest BCUT2D eigenvalue weighted by Gasteiger charge is -2.71. The zero-order valence-electron chi connectivity index (χ0n) is 53.1. The fraction of sp³-hybridized carbons (Fsp3) is 0.903. The van der Waals surface area contributed by atoms with Crippen molar-refractivity contribution >= 4 is 23.9 Å². The van der Waals surface area contributed by atoms with Gasteiger partial charge in [0.05, 0.1) is 49.0 Å². The number of aliphatic hydroxyl groups excluding tert-OH is 11. The molecule has 2 unspecified atom stereocenters. The predicted molar refractivity (Wildman–Crippen MR) is 303 cm³/mol. The second kappa shape index (κ2) is 25.7. The van der Waals surface area contributed by atoms with Crippen LogP contribution in [-0.4, -0.2) is 264 Å². The largest absolute Gasteiger partial charge is 0.481 e. The Kier molecular flexibility index (Phi) is 19.9. The van der Waals surface area contributed by atoms with E-state index in [1.54, 1.807) is 0 Å². The number of fused-ring (bicyclic) bond motifs is 7. The minimum atomic E-state index is -2.20. The first-order valence-electron chi connectivity index (χ1n) is 31.8. The molecule has 4 saturated carbocycles. The van der Waals surface area contributed by atoms with Gasteiger partial charge in [0.25, 0.3) is 0 Å². The average Bonchev–Trinajstić information content (AvgIpc) is 0.981. The van der Waals surface area contributed by atoms with E-state index in [-0.39, 0.29) is 17.8 Å². The molecule has 32 atom stereocenters. The van der Waals surface area contributed by atoms with E-state index in [0.717, 1.165) is 19.4 Å². The van der Waals surface area contributed by atoms with Crippen molar-refractivity contribution in [1.29, 1.82) is 0 Å². The van der Waals surface area contributed by atoms with E-state index < -0.39 is 236 Å². The summed E-state index contributed by atoms with van der Waals surface area (Å²) < 4.78 is 71.5. The van der Waals surface area contributed by atoms with E-state index in [1.165, 1.54) is 20.8 Å². The number of carbonyl (C=O) groups excluding carboxylic acids is 3. The predicted octanol–water partition coefficient (Wildman–Crippen LogP) is -1.70. The third kappa shape index (κ3) is 12.0. The molecule has 5 aliphatic carbocycles. The first-order chi connectivity index (χ1) is 42.4. The highest BCUT2D eigenvalue weighted by Crippen LogP contribution is 2.76. The first-order valence-corrected chi connectivity index (χ1v) is 31.8. The van der Waals surface area contributed by atoms with Crippen LogP contribution in [0.3, 0.4) is 0 Å². The van der Waals surface area contributed by atoms with Crippen molar-refractivity contribution in [3.8, 4) is 0 Å². The van der Waals surface area contributed by atoms with Gasteiger partial charge >= 0.3 is 23.9 Å². The van der Waals surface area contributed by atoms with E-state index in [9.17, 15) is 80.8 Å². The molecule has 91 heavy (non-hydrogen) atoms. The van der Waals surface area contributed by atoms with Crippen LogP contribution in [0.1, 0.15) is 127 Å². The summed E-state index contributed by atoms with van der Waals surface area (Å²) >= 11 is 0. The Labute approximate surface area is 527 Å². The van der Waals surface area contributed by atoms with Crippen molar-refractivity contribution in [2.75, 3.05) is 26.4 Å². The third-order valence-electron chi connectivity index (χ3n) is 23.4. The zero-order chi connectivity index (χ0) is 66.8. The van der Waals surface area contributed by atoms with Crippen LogP contribution in [0.15, 0.2) is 11.6 Å². The Morgan fingerprint density at radius 1 is 0.604 bits per heavy atom. The molecule has 0 spiro atoms. The van der Waals surface area contributed by atoms with Gasteiger partial charge in [-0.15, -0.1) is 0 Å². The Balaban J connectivity index is 0.935. The minimum absolute atomic E-state index is 0.0870. The summed E-state index contributed by atoms with van der Waals surface area (Å²) in [4.78, 5) is 54.0. The lowest BCUT2D eigenvalue weighted by atomic mass is 9.33. The third-order valence-corrected chi connectivity index (χ3v) is 23.4. The highest BCUT2D eigenvalue weighted by Gasteiger charge is 2.73. The van der Waals surface area contributed by atoms with Gasteiger partial charge in [-0.05, 0) is 118 Å². The van der Waals surface area contributed by atoms with Crippen LogP contribution in [0.4, 0.5) is 0 Å². The van der Waals surface area contributed by atoms with Crippen LogP contribution < -0.4 is 0 Å². The highest BCUT2D eigenvalue weighted by atomic mass is 16.8. The van der Waals surface area contributed by atoms with E-state index >= 15 is 4.79 Å². The van der Waals surface area contributed by atoms with Gasteiger partial charge in [0, 0.05) is 13.8 Å². The number of hydrogen-bond acceptors (Lipinski definition) is 28. The summed E-state index contributed by atoms with van der Waals surface area (Å²) in [6.07, 6.45) is -32.3. The van der Waals surface area contributed by atoms with Gasteiger partial charge in [0.15, 0.2) is 43.0 Å². The number of carboxylic acids is 1. The van der Waals surface area contributed by atoms with Gasteiger partial charge in [-0.2, -0.15) is 0 Å². The molecule has 29 nitrogen and oxygen atoms in total. The molecule has 5 heterocycles. The van der Waals surface area contributed by atoms with Crippen molar-refractivity contribution in [3.63, 3.8) is 0 Å². The number of carboxylic acid groups (broad SMARTS) is 1. The number of ether oxygens (including phenoxy) is 12. The molecule has 5 saturated heterocycles. The summed E-state index contributed by atoms with van der Waals surface area (Å²) in [6.45, 7) is 14.8. The number of hydrogen-bond donors (Lipinski definition) is 13. The molecule has 5 aliphatic heterocycles. The van der Waals surface area contributed by atoms with E-state index in [1.807, 2.05) is 6.92 Å². The van der Waals surface area contributed by atoms with Crippen molar-refractivity contribution in [1.82, 2.24) is 0 Å². The lowest BCUT2D eigenvalue weighted by molar-refractivity contribution is -0.384. The van der Waals surface area contributed by atoms with Gasteiger partial charge in [-0.1, -0.05) is 46.3 Å². The summed E-state index contributed by atoms with van der Waals surface area (Å²) in [6, 6.07) is 0. The summed E-state index contributed by atoms with van der Waals surface area (Å²) in [5.74, 6) is -4.78.